The number of nitrogens with zero attached hydrogens (tertiary/aromatic N) is 2. The van der Waals surface area contributed by atoms with Crippen molar-refractivity contribution < 1.29 is 9.59 Å². The van der Waals surface area contributed by atoms with Crippen LogP contribution in [-0.4, -0.2) is 21.5 Å². The molecule has 0 fully saturated rings. The minimum atomic E-state index is -0.376. The van der Waals surface area contributed by atoms with Crippen LogP contribution in [0.1, 0.15) is 24.9 Å². The van der Waals surface area contributed by atoms with Crippen LogP contribution in [0.4, 0.5) is 0 Å². The summed E-state index contributed by atoms with van der Waals surface area (Å²) in [5.41, 5.74) is 5.32. The Labute approximate surface area is 139 Å². The van der Waals surface area contributed by atoms with Crippen LogP contribution in [0.5, 0.6) is 0 Å². The predicted molar refractivity (Wildman–Crippen MR) is 91.7 cm³/mol. The van der Waals surface area contributed by atoms with E-state index in [0.717, 1.165) is 16.6 Å². The average Bonchev–Trinajstić information content (AvgIpc) is 2.98. The SMILES string of the molecule is CC(=O)NC(CC(=O)Nn1cnc2ccccc21)c1ccccc1. The number of amides is 2. The molecule has 122 valence electrons. The highest BCUT2D eigenvalue weighted by Gasteiger charge is 2.17. The van der Waals surface area contributed by atoms with Crippen LogP contribution in [0.25, 0.3) is 11.0 Å². The van der Waals surface area contributed by atoms with Crippen LogP contribution in [0.3, 0.4) is 0 Å². The number of benzene rings is 2. The highest BCUT2D eigenvalue weighted by Crippen LogP contribution is 2.17. The van der Waals surface area contributed by atoms with Crippen LogP contribution in [0.2, 0.25) is 0 Å². The Morgan fingerprint density at radius 3 is 2.54 bits per heavy atom. The summed E-state index contributed by atoms with van der Waals surface area (Å²) < 4.78 is 1.59. The summed E-state index contributed by atoms with van der Waals surface area (Å²) in [5.74, 6) is -0.384. The van der Waals surface area contributed by atoms with Crippen LogP contribution in [-0.2, 0) is 9.59 Å². The van der Waals surface area contributed by atoms with Gasteiger partial charge in [-0.05, 0) is 17.7 Å². The molecule has 1 atom stereocenters. The lowest BCUT2D eigenvalue weighted by Gasteiger charge is -2.18. The Balaban J connectivity index is 1.75. The Bertz CT molecular complexity index is 858. The molecule has 1 aromatic heterocycles. The highest BCUT2D eigenvalue weighted by atomic mass is 16.2. The summed E-state index contributed by atoms with van der Waals surface area (Å²) in [6.45, 7) is 1.44. The van der Waals surface area contributed by atoms with Crippen molar-refractivity contribution in [2.24, 2.45) is 0 Å². The van der Waals surface area contributed by atoms with Gasteiger partial charge in [-0.1, -0.05) is 42.5 Å². The van der Waals surface area contributed by atoms with Crippen LogP contribution in [0, 0.1) is 0 Å². The standard InChI is InChI=1S/C18H18N4O2/c1-13(23)20-16(14-7-3-2-4-8-14)11-18(24)21-22-12-19-15-9-5-6-10-17(15)22/h2-10,12,16H,11H2,1H3,(H,20,23)(H,21,24). The molecule has 3 rings (SSSR count). The van der Waals surface area contributed by atoms with Crippen molar-refractivity contribution in [3.63, 3.8) is 0 Å². The maximum atomic E-state index is 12.4. The Morgan fingerprint density at radius 1 is 1.08 bits per heavy atom. The Kier molecular flexibility index (Phi) is 4.56. The van der Waals surface area contributed by atoms with Crippen molar-refractivity contribution in [3.8, 4) is 0 Å². The second-order valence-corrected chi connectivity index (χ2v) is 5.51. The van der Waals surface area contributed by atoms with Gasteiger partial charge in [0.15, 0.2) is 0 Å². The first-order valence-corrected chi connectivity index (χ1v) is 7.67. The summed E-state index contributed by atoms with van der Waals surface area (Å²) in [4.78, 5) is 28.1. The van der Waals surface area contributed by atoms with Crippen LogP contribution >= 0.6 is 0 Å². The van der Waals surface area contributed by atoms with Gasteiger partial charge in [0.1, 0.15) is 6.33 Å². The molecular weight excluding hydrogens is 304 g/mol. The zero-order valence-electron chi connectivity index (χ0n) is 13.3. The lowest BCUT2D eigenvalue weighted by atomic mass is 10.0. The third-order valence-corrected chi connectivity index (χ3v) is 3.67. The van der Waals surface area contributed by atoms with Gasteiger partial charge in [0.05, 0.1) is 23.5 Å². The first kappa shape index (κ1) is 15.7. The van der Waals surface area contributed by atoms with Crippen LogP contribution < -0.4 is 10.7 Å². The number of carbonyl (C=O) groups excluding carboxylic acids is 2. The zero-order chi connectivity index (χ0) is 16.9. The number of nitrogens with one attached hydrogen (secondary N) is 2. The maximum Gasteiger partial charge on any atom is 0.241 e. The van der Waals surface area contributed by atoms with Gasteiger partial charge in [-0.15, -0.1) is 0 Å². The van der Waals surface area contributed by atoms with Crippen LogP contribution in [0.15, 0.2) is 60.9 Å². The molecule has 0 radical (unpaired) electrons. The summed E-state index contributed by atoms with van der Waals surface area (Å²) in [6.07, 6.45) is 1.70. The van der Waals surface area contributed by atoms with Crippen molar-refractivity contribution in [1.29, 1.82) is 0 Å². The van der Waals surface area contributed by atoms with Crippen molar-refractivity contribution in [1.82, 2.24) is 15.0 Å². The summed E-state index contributed by atoms with van der Waals surface area (Å²) in [6, 6.07) is 16.6. The number of carbonyl (C=O) groups is 2. The largest absolute Gasteiger partial charge is 0.349 e. The lowest BCUT2D eigenvalue weighted by molar-refractivity contribution is -0.120. The maximum absolute atomic E-state index is 12.4. The molecule has 1 unspecified atom stereocenters. The normalized spacial score (nSPS) is 11.9. The zero-order valence-corrected chi connectivity index (χ0v) is 13.3. The second kappa shape index (κ2) is 6.95. The molecule has 0 aliphatic rings. The van der Waals surface area contributed by atoms with Crippen molar-refractivity contribution in [2.45, 2.75) is 19.4 Å². The topological polar surface area (TPSA) is 76.0 Å². The lowest BCUT2D eigenvalue weighted by Crippen LogP contribution is -2.31. The van der Waals surface area contributed by atoms with E-state index in [-0.39, 0.29) is 24.3 Å². The van der Waals surface area contributed by atoms with Gasteiger partial charge >= 0.3 is 0 Å². The monoisotopic (exact) mass is 322 g/mol. The average molecular weight is 322 g/mol. The van der Waals surface area contributed by atoms with E-state index < -0.39 is 0 Å². The Hall–Kier alpha value is -3.15. The molecule has 6 heteroatoms. The summed E-state index contributed by atoms with van der Waals surface area (Å²) in [5, 5.41) is 2.82. The number of imidazole rings is 1. The number of para-hydroxylation sites is 2. The quantitative estimate of drug-likeness (QED) is 0.757. The van der Waals surface area contributed by atoms with E-state index in [9.17, 15) is 9.59 Å². The number of rotatable bonds is 5. The first-order chi connectivity index (χ1) is 11.6. The molecule has 0 bridgehead atoms. The minimum absolute atomic E-state index is 0.135. The van der Waals surface area contributed by atoms with Crippen molar-refractivity contribution in [3.05, 3.63) is 66.5 Å². The summed E-state index contributed by atoms with van der Waals surface area (Å²) >= 11 is 0. The third-order valence-electron chi connectivity index (χ3n) is 3.67. The van der Waals surface area contributed by atoms with E-state index in [1.54, 1.807) is 11.0 Å². The molecule has 0 aliphatic heterocycles. The van der Waals surface area contributed by atoms with E-state index >= 15 is 0 Å². The van der Waals surface area contributed by atoms with Gasteiger partial charge < -0.3 is 5.32 Å². The Morgan fingerprint density at radius 2 is 1.79 bits per heavy atom. The number of fused-ring (bicyclic) bond motifs is 1. The molecule has 0 saturated heterocycles. The molecule has 2 aromatic carbocycles. The number of hydrogen-bond acceptors (Lipinski definition) is 3. The van der Waals surface area contributed by atoms with Gasteiger partial charge in [0.2, 0.25) is 11.8 Å². The van der Waals surface area contributed by atoms with Gasteiger partial charge in [-0.25, -0.2) is 9.66 Å². The molecular formula is C18H18N4O2. The van der Waals surface area contributed by atoms with Crippen molar-refractivity contribution in [2.75, 3.05) is 5.43 Å². The minimum Gasteiger partial charge on any atom is -0.349 e. The molecule has 3 aromatic rings. The fourth-order valence-electron chi connectivity index (χ4n) is 2.60. The van der Waals surface area contributed by atoms with E-state index in [1.165, 1.54) is 6.92 Å². The van der Waals surface area contributed by atoms with E-state index in [1.807, 2.05) is 54.6 Å². The molecule has 0 saturated carbocycles. The van der Waals surface area contributed by atoms with E-state index in [0.29, 0.717) is 0 Å². The fourth-order valence-corrected chi connectivity index (χ4v) is 2.60. The van der Waals surface area contributed by atoms with Gasteiger partial charge in [-0.3, -0.25) is 15.0 Å². The molecule has 0 aliphatic carbocycles. The van der Waals surface area contributed by atoms with Crippen molar-refractivity contribution >= 4 is 22.8 Å². The van der Waals surface area contributed by atoms with Gasteiger partial charge in [0, 0.05) is 6.92 Å². The molecule has 2 N–H and O–H groups in total. The van der Waals surface area contributed by atoms with E-state index in [2.05, 4.69) is 15.7 Å². The smallest absolute Gasteiger partial charge is 0.241 e. The highest BCUT2D eigenvalue weighted by molar-refractivity contribution is 5.87. The molecule has 1 heterocycles. The van der Waals surface area contributed by atoms with E-state index in [4.69, 9.17) is 0 Å². The number of hydrogen-bond donors (Lipinski definition) is 2. The fraction of sp³-hybridized carbons (Fsp3) is 0.167. The molecule has 6 nitrogen and oxygen atoms in total. The summed E-state index contributed by atoms with van der Waals surface area (Å²) in [7, 11) is 0. The van der Waals surface area contributed by atoms with Gasteiger partial charge in [0.25, 0.3) is 0 Å². The third kappa shape index (κ3) is 3.60. The molecule has 2 amide bonds. The predicted octanol–water partition coefficient (Wildman–Crippen LogP) is 2.37. The number of aromatic nitrogens is 2. The second-order valence-electron chi connectivity index (χ2n) is 5.51. The first-order valence-electron chi connectivity index (χ1n) is 7.67. The molecule has 24 heavy (non-hydrogen) atoms. The van der Waals surface area contributed by atoms with Gasteiger partial charge in [-0.2, -0.15) is 0 Å². The molecule has 0 spiro atoms.